The van der Waals surface area contributed by atoms with Gasteiger partial charge in [0, 0.05) is 30.4 Å². The number of halogens is 4. The molecule has 1 amide bonds. The number of benzene rings is 1. The molecule has 3 rings (SSSR count). The van der Waals surface area contributed by atoms with Gasteiger partial charge in [-0.2, -0.15) is 13.2 Å². The SMILES string of the molecule is Nc1cc(=O)n(C2CCC2)cc1C(=O)NCc1cccc(C(F)(F)F)c1F. The van der Waals surface area contributed by atoms with Gasteiger partial charge in [-0.15, -0.1) is 0 Å². The third-order valence-electron chi connectivity index (χ3n) is 4.65. The molecule has 0 unspecified atom stereocenters. The molecule has 0 atom stereocenters. The largest absolute Gasteiger partial charge is 0.419 e. The second-order valence-corrected chi connectivity index (χ2v) is 6.43. The van der Waals surface area contributed by atoms with Crippen LogP contribution in [0, 0.1) is 5.82 Å². The van der Waals surface area contributed by atoms with Crippen LogP contribution in [0.25, 0.3) is 0 Å². The van der Waals surface area contributed by atoms with E-state index in [0.29, 0.717) is 6.07 Å². The van der Waals surface area contributed by atoms with Gasteiger partial charge in [0.15, 0.2) is 0 Å². The summed E-state index contributed by atoms with van der Waals surface area (Å²) in [5.74, 6) is -2.13. The number of hydrogen-bond donors (Lipinski definition) is 2. The maximum atomic E-state index is 14.0. The molecule has 2 aromatic rings. The first-order valence-corrected chi connectivity index (χ1v) is 8.33. The van der Waals surface area contributed by atoms with E-state index in [1.165, 1.54) is 10.8 Å². The third kappa shape index (κ3) is 3.81. The molecule has 3 N–H and O–H groups in total. The minimum Gasteiger partial charge on any atom is -0.398 e. The number of nitrogen functional groups attached to an aromatic ring is 1. The molecule has 144 valence electrons. The minimum atomic E-state index is -4.83. The first kappa shape index (κ1) is 18.9. The number of aromatic nitrogens is 1. The summed E-state index contributed by atoms with van der Waals surface area (Å²) in [5, 5.41) is 2.36. The van der Waals surface area contributed by atoms with Gasteiger partial charge in [-0.3, -0.25) is 9.59 Å². The lowest BCUT2D eigenvalue weighted by Gasteiger charge is -2.28. The molecule has 0 saturated heterocycles. The van der Waals surface area contributed by atoms with Crippen LogP contribution in [-0.2, 0) is 12.7 Å². The summed E-state index contributed by atoms with van der Waals surface area (Å²) < 4.78 is 53.8. The molecule has 0 spiro atoms. The molecule has 0 aliphatic heterocycles. The average molecular weight is 383 g/mol. The standard InChI is InChI=1S/C18H17F4N3O2/c19-16-10(3-1-6-13(16)18(20,21)22)8-24-17(27)12-9-25(11-4-2-5-11)15(26)7-14(12)23/h1,3,6-7,9,11H,2,4-5,8,23H2,(H,24,27). The van der Waals surface area contributed by atoms with Crippen molar-refractivity contribution < 1.29 is 22.4 Å². The van der Waals surface area contributed by atoms with Crippen LogP contribution in [0.2, 0.25) is 0 Å². The van der Waals surface area contributed by atoms with E-state index in [9.17, 15) is 27.2 Å². The zero-order valence-electron chi connectivity index (χ0n) is 14.1. The van der Waals surface area contributed by atoms with Crippen molar-refractivity contribution >= 4 is 11.6 Å². The van der Waals surface area contributed by atoms with E-state index in [1.807, 2.05) is 0 Å². The van der Waals surface area contributed by atoms with Gasteiger partial charge in [0.2, 0.25) is 0 Å². The van der Waals surface area contributed by atoms with Crippen LogP contribution in [0.15, 0.2) is 35.3 Å². The topological polar surface area (TPSA) is 77.1 Å². The number of rotatable bonds is 4. The second-order valence-electron chi connectivity index (χ2n) is 6.43. The van der Waals surface area contributed by atoms with Gasteiger partial charge in [-0.05, 0) is 25.3 Å². The lowest BCUT2D eigenvalue weighted by molar-refractivity contribution is -0.140. The Balaban J connectivity index is 1.80. The van der Waals surface area contributed by atoms with Gasteiger partial charge < -0.3 is 15.6 Å². The van der Waals surface area contributed by atoms with Gasteiger partial charge in [-0.1, -0.05) is 12.1 Å². The number of pyridine rings is 1. The van der Waals surface area contributed by atoms with E-state index >= 15 is 0 Å². The normalized spacial score (nSPS) is 14.7. The molecule has 27 heavy (non-hydrogen) atoms. The van der Waals surface area contributed by atoms with Gasteiger partial charge in [0.1, 0.15) is 5.82 Å². The number of alkyl halides is 3. The molecule has 1 fully saturated rings. The fourth-order valence-corrected chi connectivity index (χ4v) is 2.91. The summed E-state index contributed by atoms with van der Waals surface area (Å²) in [5.41, 5.74) is 3.69. The van der Waals surface area contributed by atoms with Crippen LogP contribution in [0.5, 0.6) is 0 Å². The summed E-state index contributed by atoms with van der Waals surface area (Å²) >= 11 is 0. The highest BCUT2D eigenvalue weighted by Crippen LogP contribution is 2.32. The van der Waals surface area contributed by atoms with Crippen LogP contribution in [0.1, 0.15) is 46.8 Å². The Morgan fingerprint density at radius 1 is 1.30 bits per heavy atom. The lowest BCUT2D eigenvalue weighted by Crippen LogP contribution is -2.32. The van der Waals surface area contributed by atoms with E-state index in [0.717, 1.165) is 37.5 Å². The van der Waals surface area contributed by atoms with Gasteiger partial charge in [-0.25, -0.2) is 4.39 Å². The number of nitrogens with zero attached hydrogens (tertiary/aromatic N) is 1. The molecular weight excluding hydrogens is 366 g/mol. The Hall–Kier alpha value is -2.84. The maximum absolute atomic E-state index is 14.0. The fraction of sp³-hybridized carbons (Fsp3) is 0.333. The maximum Gasteiger partial charge on any atom is 0.419 e. The highest BCUT2D eigenvalue weighted by molar-refractivity contribution is 5.98. The molecule has 1 aromatic carbocycles. The van der Waals surface area contributed by atoms with E-state index < -0.39 is 30.0 Å². The summed E-state index contributed by atoms with van der Waals surface area (Å²) in [4.78, 5) is 24.4. The van der Waals surface area contributed by atoms with Crippen molar-refractivity contribution in [1.29, 1.82) is 0 Å². The number of nitrogens with two attached hydrogens (primary N) is 1. The van der Waals surface area contributed by atoms with Crippen molar-refractivity contribution in [2.45, 2.75) is 38.0 Å². The molecule has 1 saturated carbocycles. The van der Waals surface area contributed by atoms with E-state index in [2.05, 4.69) is 5.32 Å². The molecule has 5 nitrogen and oxygen atoms in total. The Morgan fingerprint density at radius 2 is 2.00 bits per heavy atom. The number of carbonyl (C=O) groups is 1. The quantitative estimate of drug-likeness (QED) is 0.796. The molecule has 1 aromatic heterocycles. The smallest absolute Gasteiger partial charge is 0.398 e. The Labute approximate surface area is 151 Å². The molecule has 0 bridgehead atoms. The average Bonchev–Trinajstić information content (AvgIpc) is 2.53. The van der Waals surface area contributed by atoms with Gasteiger partial charge in [0.25, 0.3) is 11.5 Å². The Kier molecular flexibility index (Phi) is 4.95. The number of hydrogen-bond acceptors (Lipinski definition) is 3. The van der Waals surface area contributed by atoms with Crippen LogP contribution in [0.4, 0.5) is 23.2 Å². The van der Waals surface area contributed by atoms with E-state index in [-0.39, 0.29) is 28.4 Å². The molecule has 0 radical (unpaired) electrons. The Bertz CT molecular complexity index is 933. The van der Waals surface area contributed by atoms with Crippen molar-refractivity contribution in [2.75, 3.05) is 5.73 Å². The monoisotopic (exact) mass is 383 g/mol. The van der Waals surface area contributed by atoms with Crippen LogP contribution in [0.3, 0.4) is 0 Å². The first-order valence-electron chi connectivity index (χ1n) is 8.33. The number of anilines is 1. The number of nitrogens with one attached hydrogen (secondary N) is 1. The molecule has 1 heterocycles. The van der Waals surface area contributed by atoms with Gasteiger partial charge in [0.05, 0.1) is 16.8 Å². The van der Waals surface area contributed by atoms with Crippen molar-refractivity contribution in [2.24, 2.45) is 0 Å². The van der Waals surface area contributed by atoms with Crippen LogP contribution < -0.4 is 16.6 Å². The van der Waals surface area contributed by atoms with E-state index in [4.69, 9.17) is 5.73 Å². The van der Waals surface area contributed by atoms with Crippen molar-refractivity contribution in [3.63, 3.8) is 0 Å². The van der Waals surface area contributed by atoms with E-state index in [1.54, 1.807) is 0 Å². The molecule has 9 heteroatoms. The fourth-order valence-electron chi connectivity index (χ4n) is 2.91. The zero-order chi connectivity index (χ0) is 19.8. The lowest BCUT2D eigenvalue weighted by atomic mass is 9.92. The minimum absolute atomic E-state index is 0.00515. The summed E-state index contributed by atoms with van der Waals surface area (Å²) in [6, 6.07) is 4.00. The molecular formula is C18H17F4N3O2. The highest BCUT2D eigenvalue weighted by Gasteiger charge is 2.34. The predicted molar refractivity (Wildman–Crippen MR) is 90.6 cm³/mol. The number of amides is 1. The van der Waals surface area contributed by atoms with Crippen molar-refractivity contribution in [3.8, 4) is 0 Å². The van der Waals surface area contributed by atoms with Crippen LogP contribution >= 0.6 is 0 Å². The van der Waals surface area contributed by atoms with Crippen molar-refractivity contribution in [3.05, 3.63) is 63.3 Å². The van der Waals surface area contributed by atoms with Crippen molar-refractivity contribution in [1.82, 2.24) is 9.88 Å². The second kappa shape index (κ2) is 7.05. The first-order chi connectivity index (χ1) is 12.7. The highest BCUT2D eigenvalue weighted by atomic mass is 19.4. The molecule has 1 aliphatic rings. The summed E-state index contributed by atoms with van der Waals surface area (Å²) in [7, 11) is 0. The third-order valence-corrected chi connectivity index (χ3v) is 4.65. The molecule has 1 aliphatic carbocycles. The number of carbonyl (C=O) groups excluding carboxylic acids is 1. The summed E-state index contributed by atoms with van der Waals surface area (Å²) in [6.45, 7) is -0.448. The Morgan fingerprint density at radius 3 is 2.59 bits per heavy atom. The van der Waals surface area contributed by atoms with Crippen LogP contribution in [-0.4, -0.2) is 10.5 Å². The van der Waals surface area contributed by atoms with Gasteiger partial charge >= 0.3 is 6.18 Å². The zero-order valence-corrected chi connectivity index (χ0v) is 14.1. The summed E-state index contributed by atoms with van der Waals surface area (Å²) in [6.07, 6.45) is -0.857. The predicted octanol–water partition coefficient (Wildman–Crippen LogP) is 3.24.